The number of esters is 1. The fraction of sp³-hybridized carbons (Fsp3) is 0.556. The Morgan fingerprint density at radius 1 is 1.35 bits per heavy atom. The number of fused-ring (bicyclic) bond motifs is 1. The van der Waals surface area contributed by atoms with Crippen LogP contribution in [0.3, 0.4) is 0 Å². The third-order valence-corrected chi connectivity index (χ3v) is 5.75. The minimum atomic E-state index is -1.34. The molecule has 3 N–H and O–H groups in total. The molecule has 1 saturated carbocycles. The minimum absolute atomic E-state index is 0.0965. The number of phenols is 2. The number of carbonyl (C=O) groups is 2. The lowest BCUT2D eigenvalue weighted by atomic mass is 9.63. The minimum Gasteiger partial charge on any atom is -0.508 e. The van der Waals surface area contributed by atoms with Crippen LogP contribution in [0.25, 0.3) is 0 Å². The smallest absolute Gasteiger partial charge is 0.313 e. The number of carbonyl (C=O) groups excluding carboxylic acids is 2. The summed E-state index contributed by atoms with van der Waals surface area (Å²) >= 11 is 0. The van der Waals surface area contributed by atoms with Gasteiger partial charge in [0.2, 0.25) is 0 Å². The van der Waals surface area contributed by atoms with Crippen LogP contribution in [0, 0.1) is 10.8 Å². The summed E-state index contributed by atoms with van der Waals surface area (Å²) in [5, 5.41) is 30.2. The summed E-state index contributed by atoms with van der Waals surface area (Å²) in [5.74, 6) is -1.61. The third-order valence-electron chi connectivity index (χ3n) is 5.75. The van der Waals surface area contributed by atoms with E-state index in [2.05, 4.69) is 0 Å². The van der Waals surface area contributed by atoms with Gasteiger partial charge in [-0.15, -0.1) is 0 Å². The highest BCUT2D eigenvalue weighted by atomic mass is 16.7. The molecule has 1 heterocycles. The number of aliphatic hydroxyl groups excluding tert-OH is 1. The number of rotatable bonds is 6. The van der Waals surface area contributed by atoms with E-state index < -0.39 is 35.0 Å². The molecule has 0 spiro atoms. The Hall–Kier alpha value is -2.16. The molecule has 0 aromatic heterocycles. The molecule has 1 aliphatic heterocycles. The lowest BCUT2D eigenvalue weighted by Crippen LogP contribution is -2.54. The first-order valence-corrected chi connectivity index (χ1v) is 8.28. The number of methoxy groups -OCH3 is 2. The van der Waals surface area contributed by atoms with E-state index in [-0.39, 0.29) is 42.9 Å². The molecule has 26 heavy (non-hydrogen) atoms. The first-order chi connectivity index (χ1) is 12.3. The Bertz CT molecular complexity index is 728. The van der Waals surface area contributed by atoms with E-state index in [0.717, 1.165) is 6.07 Å². The lowest BCUT2D eigenvalue weighted by Gasteiger charge is -2.41. The van der Waals surface area contributed by atoms with Crippen molar-refractivity contribution >= 4 is 11.8 Å². The summed E-state index contributed by atoms with van der Waals surface area (Å²) in [5.41, 5.74) is -2.66. The highest BCUT2D eigenvalue weighted by Crippen LogP contribution is 2.62. The van der Waals surface area contributed by atoms with E-state index in [9.17, 15) is 24.9 Å². The lowest BCUT2D eigenvalue weighted by molar-refractivity contribution is -0.224. The van der Waals surface area contributed by atoms with Gasteiger partial charge >= 0.3 is 5.97 Å². The van der Waals surface area contributed by atoms with E-state index in [0.29, 0.717) is 0 Å². The molecular weight excluding hydrogens is 344 g/mol. The molecule has 142 valence electrons. The predicted molar refractivity (Wildman–Crippen MR) is 87.6 cm³/mol. The quantitative estimate of drug-likeness (QED) is 0.295. The van der Waals surface area contributed by atoms with Crippen molar-refractivity contribution in [2.24, 2.45) is 10.8 Å². The molecule has 2 fully saturated rings. The van der Waals surface area contributed by atoms with Crippen LogP contribution in [0.1, 0.15) is 29.6 Å². The largest absolute Gasteiger partial charge is 0.508 e. The van der Waals surface area contributed by atoms with Crippen LogP contribution in [0.5, 0.6) is 11.5 Å². The fourth-order valence-corrected chi connectivity index (χ4v) is 4.45. The van der Waals surface area contributed by atoms with Crippen LogP contribution >= 0.6 is 0 Å². The van der Waals surface area contributed by atoms with Crippen molar-refractivity contribution in [3.8, 4) is 11.5 Å². The van der Waals surface area contributed by atoms with E-state index >= 15 is 0 Å². The second kappa shape index (κ2) is 6.53. The van der Waals surface area contributed by atoms with Crippen molar-refractivity contribution in [3.05, 3.63) is 23.8 Å². The van der Waals surface area contributed by atoms with E-state index in [1.165, 1.54) is 26.4 Å². The number of hydrogen-bond donors (Lipinski definition) is 3. The van der Waals surface area contributed by atoms with Crippen LogP contribution in [-0.2, 0) is 19.0 Å². The van der Waals surface area contributed by atoms with Gasteiger partial charge in [0.05, 0.1) is 22.5 Å². The van der Waals surface area contributed by atoms with Crippen LogP contribution < -0.4 is 0 Å². The van der Waals surface area contributed by atoms with Crippen LogP contribution in [0.15, 0.2) is 18.2 Å². The van der Waals surface area contributed by atoms with Gasteiger partial charge in [0.25, 0.3) is 0 Å². The van der Waals surface area contributed by atoms with Gasteiger partial charge in [0.15, 0.2) is 12.1 Å². The van der Waals surface area contributed by atoms with Gasteiger partial charge in [-0.05, 0) is 31.0 Å². The summed E-state index contributed by atoms with van der Waals surface area (Å²) in [6, 6.07) is 3.60. The Labute approximate surface area is 150 Å². The van der Waals surface area contributed by atoms with Crippen molar-refractivity contribution in [1.82, 2.24) is 0 Å². The van der Waals surface area contributed by atoms with E-state index in [4.69, 9.17) is 14.2 Å². The normalized spacial score (nSPS) is 30.5. The van der Waals surface area contributed by atoms with Crippen molar-refractivity contribution < 1.29 is 39.1 Å². The summed E-state index contributed by atoms with van der Waals surface area (Å²) in [7, 11) is 2.79. The maximum atomic E-state index is 12.9. The zero-order valence-electron chi connectivity index (χ0n) is 14.6. The molecule has 0 unspecified atom stereocenters. The fourth-order valence-electron chi connectivity index (χ4n) is 4.45. The van der Waals surface area contributed by atoms with Gasteiger partial charge in [-0.2, -0.15) is 0 Å². The van der Waals surface area contributed by atoms with Gasteiger partial charge < -0.3 is 29.5 Å². The third kappa shape index (κ3) is 2.40. The van der Waals surface area contributed by atoms with Gasteiger partial charge in [-0.3, -0.25) is 9.59 Å². The molecule has 1 aliphatic carbocycles. The summed E-state index contributed by atoms with van der Waals surface area (Å²) in [6.45, 7) is -0.126. The Morgan fingerprint density at radius 3 is 2.69 bits per heavy atom. The molecule has 0 radical (unpaired) electrons. The second-order valence-electron chi connectivity index (χ2n) is 6.86. The number of phenolic OH excluding ortho intramolecular Hbond substituents is 2. The standard InChI is InChI=1S/C18H22O8/c1-24-16(25-2)18-9-26-15(23)17(18,6-5-14(18)22)8-13(21)11-7-10(19)3-4-12(11)20/h3-4,7,14,16,19-20,22H,5-6,8-9H2,1-2H3/t14-,17-,18+/m1/s1. The maximum absolute atomic E-state index is 12.9. The zero-order chi connectivity index (χ0) is 19.1. The highest BCUT2D eigenvalue weighted by molar-refractivity contribution is 6.02. The zero-order valence-corrected chi connectivity index (χ0v) is 14.6. The molecule has 8 heteroatoms. The molecule has 0 bridgehead atoms. The Morgan fingerprint density at radius 2 is 2.04 bits per heavy atom. The first-order valence-electron chi connectivity index (χ1n) is 8.28. The number of hydrogen-bond acceptors (Lipinski definition) is 8. The maximum Gasteiger partial charge on any atom is 0.313 e. The average Bonchev–Trinajstić information content (AvgIpc) is 3.05. The molecule has 1 saturated heterocycles. The van der Waals surface area contributed by atoms with Crippen molar-refractivity contribution in [2.75, 3.05) is 20.8 Å². The monoisotopic (exact) mass is 366 g/mol. The van der Waals surface area contributed by atoms with Crippen molar-refractivity contribution in [1.29, 1.82) is 0 Å². The Kier molecular flexibility index (Phi) is 4.68. The van der Waals surface area contributed by atoms with Crippen LogP contribution in [-0.4, -0.2) is 60.3 Å². The average molecular weight is 366 g/mol. The SMILES string of the molecule is COC(OC)[C@@]12COC(=O)[C@]1(CC(=O)c1cc(O)ccc1O)CC[C@H]2O. The molecule has 1 aromatic carbocycles. The first kappa shape index (κ1) is 18.6. The van der Waals surface area contributed by atoms with E-state index in [1.54, 1.807) is 0 Å². The summed E-state index contributed by atoms with van der Waals surface area (Å²) in [4.78, 5) is 25.5. The van der Waals surface area contributed by atoms with Gasteiger partial charge in [-0.1, -0.05) is 0 Å². The molecule has 1 aromatic rings. The number of benzene rings is 1. The van der Waals surface area contributed by atoms with Crippen LogP contribution in [0.4, 0.5) is 0 Å². The van der Waals surface area contributed by atoms with E-state index in [1.807, 2.05) is 0 Å². The number of cyclic esters (lactones) is 1. The second-order valence-corrected chi connectivity index (χ2v) is 6.86. The molecule has 0 amide bonds. The molecule has 8 nitrogen and oxygen atoms in total. The number of aliphatic hydroxyl groups is 1. The number of ketones is 1. The van der Waals surface area contributed by atoms with Crippen LogP contribution in [0.2, 0.25) is 0 Å². The van der Waals surface area contributed by atoms with Crippen molar-refractivity contribution in [2.45, 2.75) is 31.7 Å². The molecule has 2 aliphatic rings. The molecular formula is C18H22O8. The molecule has 3 atom stereocenters. The topological polar surface area (TPSA) is 123 Å². The highest BCUT2D eigenvalue weighted by Gasteiger charge is 2.73. The number of Topliss-reactive ketones (excluding diaryl/α,β-unsaturated/α-hetero) is 1. The van der Waals surface area contributed by atoms with Gasteiger partial charge in [-0.25, -0.2) is 0 Å². The van der Waals surface area contributed by atoms with Gasteiger partial charge in [0.1, 0.15) is 18.1 Å². The predicted octanol–water partition coefficient (Wildman–Crippen LogP) is 0.974. The van der Waals surface area contributed by atoms with Gasteiger partial charge in [0, 0.05) is 20.6 Å². The molecule has 3 rings (SSSR count). The van der Waals surface area contributed by atoms with Crippen molar-refractivity contribution in [3.63, 3.8) is 0 Å². The summed E-state index contributed by atoms with van der Waals surface area (Å²) < 4.78 is 15.9. The number of aromatic hydroxyl groups is 2. The number of ether oxygens (including phenoxy) is 3. The Balaban J connectivity index is 2.04. The summed E-state index contributed by atoms with van der Waals surface area (Å²) in [6.07, 6.45) is -1.69.